The molecule has 6 heteroatoms. The van der Waals surface area contributed by atoms with Crippen LogP contribution in [0.3, 0.4) is 0 Å². The normalized spacial score (nSPS) is 18.6. The molecule has 0 spiro atoms. The first-order valence-corrected chi connectivity index (χ1v) is 7.23. The van der Waals surface area contributed by atoms with Crippen LogP contribution in [0, 0.1) is 5.41 Å². The highest BCUT2D eigenvalue weighted by Gasteiger charge is 2.28. The van der Waals surface area contributed by atoms with Crippen LogP contribution in [-0.2, 0) is 0 Å². The van der Waals surface area contributed by atoms with E-state index in [1.165, 1.54) is 0 Å². The van der Waals surface area contributed by atoms with Gasteiger partial charge in [-0.05, 0) is 43.2 Å². The number of carbonyl (C=O) groups is 1. The Morgan fingerprint density at radius 3 is 2.65 bits per heavy atom. The lowest BCUT2D eigenvalue weighted by Crippen LogP contribution is -2.39. The van der Waals surface area contributed by atoms with E-state index in [9.17, 15) is 4.79 Å². The second kappa shape index (κ2) is 5.97. The molecule has 20 heavy (non-hydrogen) atoms. The van der Waals surface area contributed by atoms with Crippen molar-refractivity contribution in [2.45, 2.75) is 45.6 Å². The summed E-state index contributed by atoms with van der Waals surface area (Å²) in [5.41, 5.74) is 3.00. The van der Waals surface area contributed by atoms with Crippen molar-refractivity contribution in [3.05, 3.63) is 22.8 Å². The Labute approximate surface area is 124 Å². The minimum atomic E-state index is -0.239. The molecule has 1 amide bonds. The van der Waals surface area contributed by atoms with Gasteiger partial charge in [-0.25, -0.2) is 10.8 Å². The zero-order valence-electron chi connectivity index (χ0n) is 11.9. The number of halogens is 1. The first-order chi connectivity index (χ1) is 9.41. The highest BCUT2D eigenvalue weighted by Crippen LogP contribution is 2.35. The van der Waals surface area contributed by atoms with Gasteiger partial charge in [0.25, 0.3) is 5.91 Å². The third-order valence-electron chi connectivity index (χ3n) is 3.88. The van der Waals surface area contributed by atoms with Crippen LogP contribution in [0.2, 0.25) is 5.02 Å². The summed E-state index contributed by atoms with van der Waals surface area (Å²) in [4.78, 5) is 16.3. The van der Waals surface area contributed by atoms with Crippen molar-refractivity contribution in [1.29, 1.82) is 0 Å². The molecule has 0 aromatic carbocycles. The van der Waals surface area contributed by atoms with Gasteiger partial charge in [-0.1, -0.05) is 25.4 Å². The van der Waals surface area contributed by atoms with E-state index in [1.54, 1.807) is 12.1 Å². The summed E-state index contributed by atoms with van der Waals surface area (Å²) in [5, 5.41) is 3.34. The molecule has 1 aromatic rings. The summed E-state index contributed by atoms with van der Waals surface area (Å²) in [6, 6.07) is 3.44. The molecule has 1 aromatic heterocycles. The Hall–Kier alpha value is -1.33. The molecule has 1 fully saturated rings. The van der Waals surface area contributed by atoms with E-state index in [1.807, 2.05) is 0 Å². The van der Waals surface area contributed by atoms with Gasteiger partial charge < -0.3 is 10.7 Å². The first-order valence-electron chi connectivity index (χ1n) is 6.85. The number of nitrogens with one attached hydrogen (secondary N) is 2. The Morgan fingerprint density at radius 2 is 2.05 bits per heavy atom. The predicted octanol–water partition coefficient (Wildman–Crippen LogP) is 2.72. The van der Waals surface area contributed by atoms with E-state index in [0.717, 1.165) is 25.7 Å². The molecule has 0 atom stereocenters. The van der Waals surface area contributed by atoms with Crippen molar-refractivity contribution >= 4 is 23.3 Å². The summed E-state index contributed by atoms with van der Waals surface area (Å²) in [6.45, 7) is 4.53. The number of pyridine rings is 1. The predicted molar refractivity (Wildman–Crippen MR) is 80.6 cm³/mol. The van der Waals surface area contributed by atoms with Crippen molar-refractivity contribution in [3.63, 3.8) is 0 Å². The molecule has 1 heterocycles. The number of hydrazine groups is 1. The van der Waals surface area contributed by atoms with Crippen molar-refractivity contribution in [1.82, 2.24) is 10.3 Å². The van der Waals surface area contributed by atoms with Gasteiger partial charge in [-0.15, -0.1) is 0 Å². The summed E-state index contributed by atoms with van der Waals surface area (Å²) < 4.78 is 0. The van der Waals surface area contributed by atoms with E-state index in [0.29, 0.717) is 16.3 Å². The van der Waals surface area contributed by atoms with E-state index in [-0.39, 0.29) is 17.6 Å². The summed E-state index contributed by atoms with van der Waals surface area (Å²) >= 11 is 6.02. The second-order valence-electron chi connectivity index (χ2n) is 6.08. The van der Waals surface area contributed by atoms with Crippen LogP contribution < -0.4 is 16.6 Å². The van der Waals surface area contributed by atoms with Crippen molar-refractivity contribution in [2.75, 3.05) is 5.43 Å². The molecule has 2 rings (SSSR count). The number of anilines is 1. The molecular formula is C14H21ClN4O. The van der Waals surface area contributed by atoms with E-state index in [2.05, 4.69) is 29.6 Å². The fourth-order valence-corrected chi connectivity index (χ4v) is 2.67. The standard InChI is InChI=1S/C14H21ClN4O/c1-14(2)7-5-9(6-8-14)17-13(20)12-10(15)3-4-11(18-12)19-16/h3-4,9H,5-8,16H2,1-2H3,(H,17,20)(H,18,19). The van der Waals surface area contributed by atoms with Gasteiger partial charge in [-0.2, -0.15) is 0 Å². The Kier molecular flexibility index (Phi) is 4.50. The maximum Gasteiger partial charge on any atom is 0.271 e. The largest absolute Gasteiger partial charge is 0.348 e. The average Bonchev–Trinajstić information content (AvgIpc) is 2.41. The van der Waals surface area contributed by atoms with Crippen LogP contribution in [0.25, 0.3) is 0 Å². The number of hydrogen-bond acceptors (Lipinski definition) is 4. The molecule has 0 unspecified atom stereocenters. The Balaban J connectivity index is 2.02. The Bertz CT molecular complexity index is 494. The molecule has 5 nitrogen and oxygen atoms in total. The second-order valence-corrected chi connectivity index (χ2v) is 6.49. The lowest BCUT2D eigenvalue weighted by atomic mass is 9.75. The first kappa shape index (κ1) is 15.1. The van der Waals surface area contributed by atoms with Crippen LogP contribution in [0.4, 0.5) is 5.82 Å². The minimum Gasteiger partial charge on any atom is -0.348 e. The van der Waals surface area contributed by atoms with Crippen LogP contribution in [0.15, 0.2) is 12.1 Å². The number of nitrogen functional groups attached to an aromatic ring is 1. The summed E-state index contributed by atoms with van der Waals surface area (Å²) in [6.07, 6.45) is 4.21. The molecule has 0 radical (unpaired) electrons. The number of nitrogens with zero attached hydrogens (tertiary/aromatic N) is 1. The van der Waals surface area contributed by atoms with Gasteiger partial charge in [0, 0.05) is 6.04 Å². The average molecular weight is 297 g/mol. The molecule has 1 aliphatic carbocycles. The van der Waals surface area contributed by atoms with Crippen LogP contribution in [0.1, 0.15) is 50.0 Å². The molecule has 0 bridgehead atoms. The maximum atomic E-state index is 12.2. The molecule has 0 saturated heterocycles. The van der Waals surface area contributed by atoms with E-state index in [4.69, 9.17) is 17.4 Å². The molecule has 1 aliphatic rings. The van der Waals surface area contributed by atoms with Crippen molar-refractivity contribution < 1.29 is 4.79 Å². The molecule has 4 N–H and O–H groups in total. The summed E-state index contributed by atoms with van der Waals surface area (Å²) in [5.74, 6) is 5.48. The van der Waals surface area contributed by atoms with Gasteiger partial charge in [-0.3, -0.25) is 4.79 Å². The highest BCUT2D eigenvalue weighted by atomic mass is 35.5. The van der Waals surface area contributed by atoms with Gasteiger partial charge in [0.2, 0.25) is 0 Å². The SMILES string of the molecule is CC1(C)CCC(NC(=O)c2nc(NN)ccc2Cl)CC1. The quantitative estimate of drug-likeness (QED) is 0.592. The zero-order valence-corrected chi connectivity index (χ0v) is 12.6. The minimum absolute atomic E-state index is 0.197. The topological polar surface area (TPSA) is 80.0 Å². The monoisotopic (exact) mass is 296 g/mol. The fraction of sp³-hybridized carbons (Fsp3) is 0.571. The molecule has 0 aliphatic heterocycles. The summed E-state index contributed by atoms with van der Waals surface area (Å²) in [7, 11) is 0. The number of rotatable bonds is 3. The van der Waals surface area contributed by atoms with Gasteiger partial charge >= 0.3 is 0 Å². The smallest absolute Gasteiger partial charge is 0.271 e. The number of hydrogen-bond donors (Lipinski definition) is 3. The zero-order chi connectivity index (χ0) is 14.8. The van der Waals surface area contributed by atoms with E-state index >= 15 is 0 Å². The molecule has 1 saturated carbocycles. The van der Waals surface area contributed by atoms with Crippen LogP contribution >= 0.6 is 11.6 Å². The third-order valence-corrected chi connectivity index (χ3v) is 4.19. The van der Waals surface area contributed by atoms with Gasteiger partial charge in [0.05, 0.1) is 5.02 Å². The third kappa shape index (κ3) is 3.61. The van der Waals surface area contributed by atoms with Gasteiger partial charge in [0.15, 0.2) is 0 Å². The van der Waals surface area contributed by atoms with Crippen LogP contribution in [0.5, 0.6) is 0 Å². The molecule has 110 valence electrons. The highest BCUT2D eigenvalue weighted by molar-refractivity contribution is 6.33. The number of amides is 1. The number of carbonyl (C=O) groups excluding carboxylic acids is 1. The maximum absolute atomic E-state index is 12.2. The van der Waals surface area contributed by atoms with E-state index < -0.39 is 0 Å². The molecular weight excluding hydrogens is 276 g/mol. The lowest BCUT2D eigenvalue weighted by molar-refractivity contribution is 0.0904. The van der Waals surface area contributed by atoms with Crippen molar-refractivity contribution in [3.8, 4) is 0 Å². The Morgan fingerprint density at radius 1 is 1.40 bits per heavy atom. The number of nitrogens with two attached hydrogens (primary N) is 1. The van der Waals surface area contributed by atoms with Crippen molar-refractivity contribution in [2.24, 2.45) is 11.3 Å². The van der Waals surface area contributed by atoms with Crippen LogP contribution in [-0.4, -0.2) is 16.9 Å². The van der Waals surface area contributed by atoms with Gasteiger partial charge in [0.1, 0.15) is 11.5 Å². The number of aromatic nitrogens is 1. The lowest BCUT2D eigenvalue weighted by Gasteiger charge is -2.34. The fourth-order valence-electron chi connectivity index (χ4n) is 2.48.